The molecular formula is C11H18N4. The molecule has 0 spiro atoms. The SMILES string of the molecule is CC(C)c1ccc(NC2CCNC2)nn1. The highest BCUT2D eigenvalue weighted by molar-refractivity contribution is 5.35. The first-order valence-corrected chi connectivity index (χ1v) is 5.56. The maximum atomic E-state index is 4.19. The van der Waals surface area contributed by atoms with Crippen molar-refractivity contribution in [2.45, 2.75) is 32.2 Å². The van der Waals surface area contributed by atoms with Crippen molar-refractivity contribution < 1.29 is 0 Å². The van der Waals surface area contributed by atoms with Crippen molar-refractivity contribution in [1.29, 1.82) is 0 Å². The van der Waals surface area contributed by atoms with Gasteiger partial charge >= 0.3 is 0 Å². The molecule has 82 valence electrons. The maximum Gasteiger partial charge on any atom is 0.148 e. The van der Waals surface area contributed by atoms with Crippen LogP contribution in [0.25, 0.3) is 0 Å². The van der Waals surface area contributed by atoms with Crippen molar-refractivity contribution in [1.82, 2.24) is 15.5 Å². The second-order valence-electron chi connectivity index (χ2n) is 4.33. The fourth-order valence-corrected chi connectivity index (χ4v) is 1.71. The Hall–Kier alpha value is -1.16. The molecule has 4 heteroatoms. The van der Waals surface area contributed by atoms with Crippen molar-refractivity contribution in [3.05, 3.63) is 17.8 Å². The van der Waals surface area contributed by atoms with E-state index >= 15 is 0 Å². The molecule has 1 fully saturated rings. The summed E-state index contributed by atoms with van der Waals surface area (Å²) in [6.07, 6.45) is 1.16. The minimum Gasteiger partial charge on any atom is -0.365 e. The average molecular weight is 206 g/mol. The van der Waals surface area contributed by atoms with Gasteiger partial charge in [0.2, 0.25) is 0 Å². The normalized spacial score (nSPS) is 20.9. The molecule has 1 aromatic heterocycles. The minimum absolute atomic E-state index is 0.444. The Labute approximate surface area is 90.5 Å². The van der Waals surface area contributed by atoms with E-state index in [9.17, 15) is 0 Å². The van der Waals surface area contributed by atoms with Gasteiger partial charge in [0.1, 0.15) is 5.82 Å². The fraction of sp³-hybridized carbons (Fsp3) is 0.636. The Morgan fingerprint density at radius 2 is 2.27 bits per heavy atom. The Bertz CT molecular complexity index is 301. The highest BCUT2D eigenvalue weighted by Gasteiger charge is 2.14. The lowest BCUT2D eigenvalue weighted by Gasteiger charge is -2.11. The van der Waals surface area contributed by atoms with Gasteiger partial charge in [0.25, 0.3) is 0 Å². The quantitative estimate of drug-likeness (QED) is 0.784. The maximum absolute atomic E-state index is 4.19. The van der Waals surface area contributed by atoms with Crippen molar-refractivity contribution in [2.24, 2.45) is 0 Å². The third kappa shape index (κ3) is 2.65. The second kappa shape index (κ2) is 4.57. The van der Waals surface area contributed by atoms with Crippen molar-refractivity contribution >= 4 is 5.82 Å². The van der Waals surface area contributed by atoms with Crippen LogP contribution in [0.1, 0.15) is 31.9 Å². The molecule has 0 radical (unpaired) electrons. The standard InChI is InChI=1S/C11H18N4/c1-8(2)10-3-4-11(15-14-10)13-9-5-6-12-7-9/h3-4,8-9,12H,5-7H2,1-2H3,(H,13,15). The average Bonchev–Trinajstić information content (AvgIpc) is 2.71. The number of anilines is 1. The molecule has 1 aliphatic heterocycles. The zero-order valence-corrected chi connectivity index (χ0v) is 9.33. The van der Waals surface area contributed by atoms with Gasteiger partial charge in [0, 0.05) is 12.6 Å². The third-order valence-electron chi connectivity index (χ3n) is 2.69. The Balaban J connectivity index is 1.97. The summed E-state index contributed by atoms with van der Waals surface area (Å²) in [7, 11) is 0. The van der Waals surface area contributed by atoms with Crippen molar-refractivity contribution in [3.63, 3.8) is 0 Å². The molecule has 0 aromatic carbocycles. The van der Waals surface area contributed by atoms with Gasteiger partial charge in [0.15, 0.2) is 0 Å². The van der Waals surface area contributed by atoms with E-state index in [1.165, 1.54) is 0 Å². The van der Waals surface area contributed by atoms with Crippen LogP contribution in [0.2, 0.25) is 0 Å². The lowest BCUT2D eigenvalue weighted by atomic mass is 10.1. The summed E-state index contributed by atoms with van der Waals surface area (Å²) in [6.45, 7) is 6.36. The summed E-state index contributed by atoms with van der Waals surface area (Å²) >= 11 is 0. The number of hydrogen-bond acceptors (Lipinski definition) is 4. The van der Waals surface area contributed by atoms with Crippen LogP contribution in [0, 0.1) is 0 Å². The van der Waals surface area contributed by atoms with E-state index < -0.39 is 0 Å². The van der Waals surface area contributed by atoms with Gasteiger partial charge in [-0.25, -0.2) is 0 Å². The number of aromatic nitrogens is 2. The van der Waals surface area contributed by atoms with Gasteiger partial charge in [-0.3, -0.25) is 0 Å². The molecule has 2 N–H and O–H groups in total. The van der Waals surface area contributed by atoms with E-state index in [1.54, 1.807) is 0 Å². The van der Waals surface area contributed by atoms with Gasteiger partial charge < -0.3 is 10.6 Å². The topological polar surface area (TPSA) is 49.8 Å². The minimum atomic E-state index is 0.444. The van der Waals surface area contributed by atoms with Crippen molar-refractivity contribution in [3.8, 4) is 0 Å². The molecule has 2 heterocycles. The molecule has 1 saturated heterocycles. The van der Waals surface area contributed by atoms with Crippen LogP contribution in [-0.4, -0.2) is 29.3 Å². The lowest BCUT2D eigenvalue weighted by molar-refractivity contribution is 0.760. The first kappa shape index (κ1) is 10.4. The third-order valence-corrected chi connectivity index (χ3v) is 2.69. The van der Waals surface area contributed by atoms with E-state index in [-0.39, 0.29) is 0 Å². The predicted octanol–water partition coefficient (Wildman–Crippen LogP) is 1.37. The summed E-state index contributed by atoms with van der Waals surface area (Å²) in [6, 6.07) is 4.56. The van der Waals surface area contributed by atoms with Crippen molar-refractivity contribution in [2.75, 3.05) is 18.4 Å². The smallest absolute Gasteiger partial charge is 0.148 e. The first-order valence-electron chi connectivity index (χ1n) is 5.56. The van der Waals surface area contributed by atoms with Crippen LogP contribution in [0.15, 0.2) is 12.1 Å². The zero-order chi connectivity index (χ0) is 10.7. The summed E-state index contributed by atoms with van der Waals surface area (Å²) in [5.41, 5.74) is 1.05. The van der Waals surface area contributed by atoms with Crippen LogP contribution in [0.3, 0.4) is 0 Å². The molecule has 1 aromatic rings. The van der Waals surface area contributed by atoms with Gasteiger partial charge in [0.05, 0.1) is 5.69 Å². The van der Waals surface area contributed by atoms with Crippen LogP contribution >= 0.6 is 0 Å². The number of nitrogens with one attached hydrogen (secondary N) is 2. The van der Waals surface area contributed by atoms with Gasteiger partial charge in [-0.05, 0) is 31.0 Å². The van der Waals surface area contributed by atoms with E-state index in [1.807, 2.05) is 12.1 Å². The van der Waals surface area contributed by atoms with Gasteiger partial charge in [-0.1, -0.05) is 13.8 Å². The molecule has 15 heavy (non-hydrogen) atoms. The Kier molecular flexibility index (Phi) is 3.16. The molecular weight excluding hydrogens is 188 g/mol. The molecule has 0 amide bonds. The molecule has 1 atom stereocenters. The molecule has 1 unspecified atom stereocenters. The summed E-state index contributed by atoms with van der Waals surface area (Å²) in [4.78, 5) is 0. The molecule has 0 aliphatic carbocycles. The van der Waals surface area contributed by atoms with Gasteiger partial charge in [-0.15, -0.1) is 5.10 Å². The second-order valence-corrected chi connectivity index (χ2v) is 4.33. The van der Waals surface area contributed by atoms with E-state index in [0.717, 1.165) is 31.0 Å². The summed E-state index contributed by atoms with van der Waals surface area (Å²) in [5, 5.41) is 15.0. The Morgan fingerprint density at radius 3 is 2.80 bits per heavy atom. The van der Waals surface area contributed by atoms with Crippen LogP contribution < -0.4 is 10.6 Å². The first-order chi connectivity index (χ1) is 7.25. The monoisotopic (exact) mass is 206 g/mol. The van der Waals surface area contributed by atoms with Crippen LogP contribution in [-0.2, 0) is 0 Å². The summed E-state index contributed by atoms with van der Waals surface area (Å²) < 4.78 is 0. The number of nitrogens with zero attached hydrogens (tertiary/aromatic N) is 2. The van der Waals surface area contributed by atoms with Gasteiger partial charge in [-0.2, -0.15) is 5.10 Å². The predicted molar refractivity (Wildman–Crippen MR) is 61.0 cm³/mol. The molecule has 2 rings (SSSR count). The van der Waals surface area contributed by atoms with E-state index in [0.29, 0.717) is 12.0 Å². The zero-order valence-electron chi connectivity index (χ0n) is 9.33. The highest BCUT2D eigenvalue weighted by Crippen LogP contribution is 2.13. The van der Waals surface area contributed by atoms with Crippen LogP contribution in [0.4, 0.5) is 5.82 Å². The lowest BCUT2D eigenvalue weighted by Crippen LogP contribution is -2.22. The van der Waals surface area contributed by atoms with E-state index in [2.05, 4.69) is 34.7 Å². The number of hydrogen-bond donors (Lipinski definition) is 2. The molecule has 0 bridgehead atoms. The largest absolute Gasteiger partial charge is 0.365 e. The summed E-state index contributed by atoms with van der Waals surface area (Å²) in [5.74, 6) is 1.33. The highest BCUT2D eigenvalue weighted by atomic mass is 15.2. The fourth-order valence-electron chi connectivity index (χ4n) is 1.71. The van der Waals surface area contributed by atoms with E-state index in [4.69, 9.17) is 0 Å². The number of rotatable bonds is 3. The van der Waals surface area contributed by atoms with Crippen LogP contribution in [0.5, 0.6) is 0 Å². The molecule has 0 saturated carbocycles. The Morgan fingerprint density at radius 1 is 1.40 bits per heavy atom. The molecule has 1 aliphatic rings. The molecule has 4 nitrogen and oxygen atoms in total.